The molecule has 2 N–H and O–H groups in total. The van der Waals surface area contributed by atoms with E-state index in [9.17, 15) is 4.79 Å². The molecular weight excluding hydrogens is 328 g/mol. The highest BCUT2D eigenvalue weighted by Crippen LogP contribution is 2.25. The fraction of sp³-hybridized carbons (Fsp3) is 0.286. The van der Waals surface area contributed by atoms with Crippen molar-refractivity contribution in [2.75, 3.05) is 19.5 Å². The van der Waals surface area contributed by atoms with Gasteiger partial charge in [0.2, 0.25) is 11.8 Å². The molecule has 25 heavy (non-hydrogen) atoms. The molecule has 0 unspecified atom stereocenters. The molecule has 3 aromatic rings. The monoisotopic (exact) mass is 344 g/mol. The maximum Gasteiger partial charge on any atom is 0.290 e. The summed E-state index contributed by atoms with van der Waals surface area (Å²) in [5, 5.41) is 20.8. The molecule has 0 saturated heterocycles. The van der Waals surface area contributed by atoms with Gasteiger partial charge >= 0.3 is 0 Å². The predicted octanol–water partition coefficient (Wildman–Crippen LogP) is 0.667. The SMILES string of the molecule is COc1ccc(C(=O)Nc2c(C)nn(-c3nn[nH]n3)c2C)c(OC)n1. The number of aromatic nitrogens is 7. The number of ether oxygens (including phenoxy) is 2. The van der Waals surface area contributed by atoms with Gasteiger partial charge in [0.15, 0.2) is 0 Å². The molecule has 0 radical (unpaired) electrons. The third kappa shape index (κ3) is 2.98. The number of methoxy groups -OCH3 is 2. The van der Waals surface area contributed by atoms with Gasteiger partial charge in [0, 0.05) is 6.07 Å². The summed E-state index contributed by atoms with van der Waals surface area (Å²) in [5.74, 6) is 0.416. The summed E-state index contributed by atoms with van der Waals surface area (Å²) in [6.07, 6.45) is 0. The van der Waals surface area contributed by atoms with Crippen LogP contribution in [0, 0.1) is 13.8 Å². The van der Waals surface area contributed by atoms with Crippen molar-refractivity contribution in [2.24, 2.45) is 0 Å². The average Bonchev–Trinajstić information content (AvgIpc) is 3.24. The molecule has 1 amide bonds. The van der Waals surface area contributed by atoms with Crippen molar-refractivity contribution < 1.29 is 14.3 Å². The van der Waals surface area contributed by atoms with Crippen LogP contribution in [0.25, 0.3) is 5.95 Å². The van der Waals surface area contributed by atoms with E-state index in [4.69, 9.17) is 9.47 Å². The number of pyridine rings is 1. The number of H-pyrrole nitrogens is 1. The minimum absolute atomic E-state index is 0.165. The second-order valence-corrected chi connectivity index (χ2v) is 5.03. The Balaban J connectivity index is 1.92. The number of carbonyl (C=O) groups excluding carboxylic acids is 1. The quantitative estimate of drug-likeness (QED) is 0.690. The number of amides is 1. The summed E-state index contributed by atoms with van der Waals surface area (Å²) in [6, 6.07) is 3.16. The molecule has 11 heteroatoms. The maximum atomic E-state index is 12.6. The summed E-state index contributed by atoms with van der Waals surface area (Å²) in [5.41, 5.74) is 2.09. The van der Waals surface area contributed by atoms with Crippen LogP contribution in [0.4, 0.5) is 5.69 Å². The number of nitrogens with zero attached hydrogens (tertiary/aromatic N) is 6. The Morgan fingerprint density at radius 3 is 2.68 bits per heavy atom. The van der Waals surface area contributed by atoms with E-state index in [1.54, 1.807) is 26.0 Å². The molecule has 11 nitrogen and oxygen atoms in total. The lowest BCUT2D eigenvalue weighted by Gasteiger charge is -2.10. The van der Waals surface area contributed by atoms with Crippen LogP contribution in [-0.2, 0) is 0 Å². The molecule has 0 saturated carbocycles. The number of rotatable bonds is 5. The molecule has 0 aliphatic rings. The largest absolute Gasteiger partial charge is 0.481 e. The molecule has 0 aromatic carbocycles. The van der Waals surface area contributed by atoms with Gasteiger partial charge in [-0.2, -0.15) is 20.0 Å². The van der Waals surface area contributed by atoms with Gasteiger partial charge in [-0.05, 0) is 25.1 Å². The Kier molecular flexibility index (Phi) is 4.29. The van der Waals surface area contributed by atoms with Crippen molar-refractivity contribution in [2.45, 2.75) is 13.8 Å². The van der Waals surface area contributed by atoms with Crippen LogP contribution in [-0.4, -0.2) is 55.5 Å². The number of tetrazole rings is 1. The highest BCUT2D eigenvalue weighted by atomic mass is 16.5. The molecule has 0 aliphatic heterocycles. The highest BCUT2D eigenvalue weighted by Gasteiger charge is 2.20. The summed E-state index contributed by atoms with van der Waals surface area (Å²) >= 11 is 0. The number of nitrogens with one attached hydrogen (secondary N) is 2. The summed E-state index contributed by atoms with van der Waals surface area (Å²) < 4.78 is 11.7. The number of anilines is 1. The van der Waals surface area contributed by atoms with E-state index in [0.717, 1.165) is 0 Å². The lowest BCUT2D eigenvalue weighted by atomic mass is 10.2. The van der Waals surface area contributed by atoms with Crippen molar-refractivity contribution in [3.05, 3.63) is 29.1 Å². The van der Waals surface area contributed by atoms with Gasteiger partial charge in [-0.25, -0.2) is 0 Å². The number of carbonyl (C=O) groups is 1. The first-order valence-corrected chi connectivity index (χ1v) is 7.25. The number of aryl methyl sites for hydroxylation is 1. The normalized spacial score (nSPS) is 10.6. The fourth-order valence-corrected chi connectivity index (χ4v) is 2.31. The van der Waals surface area contributed by atoms with Crippen molar-refractivity contribution in [3.8, 4) is 17.7 Å². The van der Waals surface area contributed by atoms with Gasteiger partial charge in [0.25, 0.3) is 11.9 Å². The summed E-state index contributed by atoms with van der Waals surface area (Å²) in [6.45, 7) is 3.55. The van der Waals surface area contributed by atoms with Crippen LogP contribution >= 0.6 is 0 Å². The molecule has 0 aliphatic carbocycles. The summed E-state index contributed by atoms with van der Waals surface area (Å²) in [4.78, 5) is 16.7. The minimum atomic E-state index is -0.383. The lowest BCUT2D eigenvalue weighted by molar-refractivity contribution is 0.102. The molecule has 130 valence electrons. The van der Waals surface area contributed by atoms with Crippen LogP contribution in [0.5, 0.6) is 11.8 Å². The zero-order valence-electron chi connectivity index (χ0n) is 14.1. The standard InChI is InChI=1S/C14H16N8O3/c1-7-11(8(2)22(19-7)14-17-20-21-18-14)16-12(23)9-5-6-10(24-3)15-13(9)25-4/h5-6H,1-4H3,(H,16,23)(H,17,18,20,21). The molecule has 0 spiro atoms. The van der Waals surface area contributed by atoms with E-state index < -0.39 is 0 Å². The van der Waals surface area contributed by atoms with Crippen LogP contribution in [0.2, 0.25) is 0 Å². The first-order valence-electron chi connectivity index (χ1n) is 7.25. The minimum Gasteiger partial charge on any atom is -0.481 e. The van der Waals surface area contributed by atoms with Crippen LogP contribution in [0.3, 0.4) is 0 Å². The fourth-order valence-electron chi connectivity index (χ4n) is 2.31. The topological polar surface area (TPSA) is 133 Å². The Morgan fingerprint density at radius 2 is 2.04 bits per heavy atom. The smallest absolute Gasteiger partial charge is 0.290 e. The van der Waals surface area contributed by atoms with Gasteiger partial charge < -0.3 is 14.8 Å². The number of hydrogen-bond donors (Lipinski definition) is 2. The molecule has 3 rings (SSSR count). The van der Waals surface area contributed by atoms with Crippen molar-refractivity contribution >= 4 is 11.6 Å². The second kappa shape index (κ2) is 6.55. The Bertz CT molecular complexity index is 903. The van der Waals surface area contributed by atoms with Crippen LogP contribution in [0.15, 0.2) is 12.1 Å². The van der Waals surface area contributed by atoms with Gasteiger partial charge in [-0.3, -0.25) is 4.79 Å². The zero-order valence-corrected chi connectivity index (χ0v) is 14.1. The van der Waals surface area contributed by atoms with E-state index in [-0.39, 0.29) is 23.3 Å². The Hall–Kier alpha value is -3.50. The first-order chi connectivity index (χ1) is 12.0. The van der Waals surface area contributed by atoms with E-state index in [1.165, 1.54) is 18.9 Å². The molecule has 3 aromatic heterocycles. The average molecular weight is 344 g/mol. The lowest BCUT2D eigenvalue weighted by Crippen LogP contribution is -2.15. The number of aromatic amines is 1. The van der Waals surface area contributed by atoms with Crippen molar-refractivity contribution in [1.29, 1.82) is 0 Å². The van der Waals surface area contributed by atoms with Crippen molar-refractivity contribution in [1.82, 2.24) is 35.4 Å². The Labute approximate surface area is 142 Å². The van der Waals surface area contributed by atoms with Gasteiger partial charge in [-0.1, -0.05) is 5.10 Å². The third-order valence-corrected chi connectivity index (χ3v) is 3.54. The van der Waals surface area contributed by atoms with Crippen LogP contribution < -0.4 is 14.8 Å². The van der Waals surface area contributed by atoms with Crippen LogP contribution in [0.1, 0.15) is 21.7 Å². The molecular formula is C14H16N8O3. The van der Waals surface area contributed by atoms with Gasteiger partial charge in [0.1, 0.15) is 5.56 Å². The molecule has 0 fully saturated rings. The molecule has 0 bridgehead atoms. The maximum absolute atomic E-state index is 12.6. The van der Waals surface area contributed by atoms with E-state index in [1.807, 2.05) is 0 Å². The third-order valence-electron chi connectivity index (χ3n) is 3.54. The van der Waals surface area contributed by atoms with Gasteiger partial charge in [0.05, 0.1) is 31.3 Å². The predicted molar refractivity (Wildman–Crippen MR) is 86.1 cm³/mol. The van der Waals surface area contributed by atoms with E-state index in [0.29, 0.717) is 23.0 Å². The molecule has 3 heterocycles. The van der Waals surface area contributed by atoms with Gasteiger partial charge in [-0.15, -0.1) is 5.10 Å². The highest BCUT2D eigenvalue weighted by molar-refractivity contribution is 6.06. The molecule has 0 atom stereocenters. The second-order valence-electron chi connectivity index (χ2n) is 5.03. The zero-order chi connectivity index (χ0) is 18.0. The first kappa shape index (κ1) is 16.4. The summed E-state index contributed by atoms with van der Waals surface area (Å²) in [7, 11) is 2.92. The van der Waals surface area contributed by atoms with E-state index >= 15 is 0 Å². The Morgan fingerprint density at radius 1 is 1.24 bits per heavy atom. The number of hydrogen-bond acceptors (Lipinski definition) is 8. The van der Waals surface area contributed by atoms with Crippen molar-refractivity contribution in [3.63, 3.8) is 0 Å². The van der Waals surface area contributed by atoms with E-state index in [2.05, 4.69) is 36.0 Å².